The van der Waals surface area contributed by atoms with Gasteiger partial charge in [-0.2, -0.15) is 0 Å². The van der Waals surface area contributed by atoms with Crippen molar-refractivity contribution >= 4 is 29.1 Å². The second-order valence-electron chi connectivity index (χ2n) is 6.37. The first-order chi connectivity index (χ1) is 12.4. The number of carbonyl (C=O) groups excluding carboxylic acids is 2. The lowest BCUT2D eigenvalue weighted by Gasteiger charge is -2.13. The van der Waals surface area contributed by atoms with Crippen molar-refractivity contribution in [1.29, 1.82) is 0 Å². The van der Waals surface area contributed by atoms with E-state index in [0.29, 0.717) is 5.02 Å². The summed E-state index contributed by atoms with van der Waals surface area (Å²) in [7, 11) is 0. The topological polar surface area (TPSA) is 74.8 Å². The highest BCUT2D eigenvalue weighted by Gasteiger charge is 2.13. The Kier molecular flexibility index (Phi) is 7.18. The molecule has 6 heteroatoms. The van der Waals surface area contributed by atoms with E-state index in [4.69, 9.17) is 11.6 Å². The van der Waals surface area contributed by atoms with Crippen molar-refractivity contribution in [2.24, 2.45) is 0 Å². The second kappa shape index (κ2) is 9.36. The molecular weight excluding hydrogens is 350 g/mol. The van der Waals surface area contributed by atoms with Gasteiger partial charge in [-0.15, -0.1) is 0 Å². The van der Waals surface area contributed by atoms with Gasteiger partial charge in [0, 0.05) is 16.3 Å². The smallest absolute Gasteiger partial charge is 0.275 e. The van der Waals surface area contributed by atoms with E-state index in [9.17, 15) is 9.59 Å². The van der Waals surface area contributed by atoms with Gasteiger partial charge in [-0.1, -0.05) is 41.9 Å². The minimum absolute atomic E-state index is 0.0459. The van der Waals surface area contributed by atoms with Gasteiger partial charge in [0.1, 0.15) is 6.04 Å². The normalized spacial score (nSPS) is 11.7. The van der Waals surface area contributed by atoms with Crippen LogP contribution in [0.2, 0.25) is 5.02 Å². The van der Waals surface area contributed by atoms with E-state index in [-0.39, 0.29) is 30.9 Å². The quantitative estimate of drug-likeness (QED) is 0.695. The van der Waals surface area contributed by atoms with Crippen LogP contribution in [0.1, 0.15) is 29.7 Å². The summed E-state index contributed by atoms with van der Waals surface area (Å²) in [5.41, 5.74) is 3.88. The first-order valence-corrected chi connectivity index (χ1v) is 8.96. The summed E-state index contributed by atoms with van der Waals surface area (Å²) in [6.45, 7) is 6.10. The zero-order valence-corrected chi connectivity index (χ0v) is 16.1. The van der Waals surface area contributed by atoms with Crippen LogP contribution in [0.15, 0.2) is 42.5 Å². The number of aryl methyl sites for hydroxylation is 2. The molecule has 2 rings (SSSR count). The lowest BCUT2D eigenvalue weighted by molar-refractivity contribution is -0.682. The van der Waals surface area contributed by atoms with Gasteiger partial charge in [0.25, 0.3) is 5.91 Å². The monoisotopic (exact) mass is 374 g/mol. The van der Waals surface area contributed by atoms with Crippen molar-refractivity contribution in [3.05, 3.63) is 64.2 Å². The molecule has 0 saturated carbocycles. The van der Waals surface area contributed by atoms with E-state index in [2.05, 4.69) is 10.6 Å². The molecule has 0 radical (unpaired) electrons. The zero-order chi connectivity index (χ0) is 19.1. The van der Waals surface area contributed by atoms with E-state index in [1.165, 1.54) is 0 Å². The van der Waals surface area contributed by atoms with Crippen LogP contribution in [0.3, 0.4) is 0 Å². The first-order valence-electron chi connectivity index (χ1n) is 8.58. The maximum Gasteiger partial charge on any atom is 0.275 e. The molecule has 26 heavy (non-hydrogen) atoms. The molecular formula is C20H25ClN3O2+. The molecule has 1 atom stereocenters. The minimum Gasteiger partial charge on any atom is -0.342 e. The molecule has 0 spiro atoms. The molecule has 0 bridgehead atoms. The van der Waals surface area contributed by atoms with Gasteiger partial charge >= 0.3 is 0 Å². The number of nitrogens with two attached hydrogens (primary N) is 1. The van der Waals surface area contributed by atoms with E-state index in [1.807, 2.05) is 68.6 Å². The Morgan fingerprint density at radius 2 is 1.65 bits per heavy atom. The minimum atomic E-state index is -0.235. The van der Waals surface area contributed by atoms with Crippen molar-refractivity contribution < 1.29 is 14.9 Å². The van der Waals surface area contributed by atoms with Crippen molar-refractivity contribution in [1.82, 2.24) is 5.32 Å². The predicted octanol–water partition coefficient (Wildman–Crippen LogP) is 2.34. The molecule has 0 heterocycles. The Balaban J connectivity index is 1.76. The number of nitrogens with one attached hydrogen (secondary N) is 2. The van der Waals surface area contributed by atoms with Crippen LogP contribution in [-0.2, 0) is 9.59 Å². The molecule has 0 aliphatic rings. The number of carbonyl (C=O) groups is 2. The third kappa shape index (κ3) is 5.86. The number of hydrogen-bond donors (Lipinski definition) is 3. The van der Waals surface area contributed by atoms with E-state index < -0.39 is 0 Å². The van der Waals surface area contributed by atoms with Gasteiger partial charge in [-0.05, 0) is 44.0 Å². The average Bonchev–Trinajstić information content (AvgIpc) is 2.61. The molecule has 2 aromatic carbocycles. The van der Waals surface area contributed by atoms with Crippen molar-refractivity contribution in [3.63, 3.8) is 0 Å². The third-order valence-corrected chi connectivity index (χ3v) is 4.50. The van der Waals surface area contributed by atoms with Gasteiger partial charge < -0.3 is 16.0 Å². The molecule has 0 fully saturated rings. The van der Waals surface area contributed by atoms with E-state index in [1.54, 1.807) is 0 Å². The molecule has 0 aliphatic heterocycles. The Morgan fingerprint density at radius 1 is 1.04 bits per heavy atom. The van der Waals surface area contributed by atoms with E-state index in [0.717, 1.165) is 22.4 Å². The number of para-hydroxylation sites is 1. The number of amides is 2. The zero-order valence-electron chi connectivity index (χ0n) is 15.3. The predicted molar refractivity (Wildman–Crippen MR) is 104 cm³/mol. The fraction of sp³-hybridized carbons (Fsp3) is 0.300. The summed E-state index contributed by atoms with van der Waals surface area (Å²) < 4.78 is 0. The number of rotatable bonds is 7. The van der Waals surface area contributed by atoms with Crippen LogP contribution in [0, 0.1) is 13.8 Å². The Hall–Kier alpha value is -2.37. The summed E-state index contributed by atoms with van der Waals surface area (Å²) in [5.74, 6) is -0.413. The maximum absolute atomic E-state index is 12.1. The van der Waals surface area contributed by atoms with Gasteiger partial charge in [0.05, 0.1) is 6.54 Å². The largest absolute Gasteiger partial charge is 0.342 e. The second-order valence-corrected chi connectivity index (χ2v) is 6.81. The highest BCUT2D eigenvalue weighted by atomic mass is 35.5. The summed E-state index contributed by atoms with van der Waals surface area (Å²) in [6, 6.07) is 13.5. The van der Waals surface area contributed by atoms with Crippen LogP contribution in [0.4, 0.5) is 5.69 Å². The molecule has 138 valence electrons. The molecule has 0 saturated heterocycles. The summed E-state index contributed by atoms with van der Waals surface area (Å²) in [6.07, 6.45) is 0. The summed E-state index contributed by atoms with van der Waals surface area (Å²) in [4.78, 5) is 24.0. The molecule has 0 aromatic heterocycles. The van der Waals surface area contributed by atoms with Gasteiger partial charge in [-0.25, -0.2) is 0 Å². The molecule has 2 aromatic rings. The van der Waals surface area contributed by atoms with Crippen LogP contribution in [0.5, 0.6) is 0 Å². The average molecular weight is 375 g/mol. The molecule has 4 N–H and O–H groups in total. The van der Waals surface area contributed by atoms with Crippen LogP contribution < -0.4 is 16.0 Å². The SMILES string of the molecule is Cc1cccc(C)c1NC(=O)CNC(=O)C[NH2+][C@@H](C)c1ccc(Cl)cc1. The van der Waals surface area contributed by atoms with Gasteiger partial charge in [0.15, 0.2) is 6.54 Å². The summed E-state index contributed by atoms with van der Waals surface area (Å²) in [5, 5.41) is 8.11. The number of halogens is 1. The van der Waals surface area contributed by atoms with Crippen LogP contribution in [-0.4, -0.2) is 24.9 Å². The molecule has 0 aliphatic carbocycles. The Bertz CT molecular complexity index is 755. The number of anilines is 1. The number of benzene rings is 2. The number of quaternary nitrogens is 1. The first kappa shape index (κ1) is 19.9. The Morgan fingerprint density at radius 3 is 2.27 bits per heavy atom. The van der Waals surface area contributed by atoms with Crippen molar-refractivity contribution in [3.8, 4) is 0 Å². The third-order valence-electron chi connectivity index (χ3n) is 4.24. The fourth-order valence-corrected chi connectivity index (χ4v) is 2.76. The van der Waals surface area contributed by atoms with E-state index >= 15 is 0 Å². The molecule has 5 nitrogen and oxygen atoms in total. The van der Waals surface area contributed by atoms with Gasteiger partial charge in [-0.3, -0.25) is 9.59 Å². The lowest BCUT2D eigenvalue weighted by Crippen LogP contribution is -2.87. The molecule has 2 amide bonds. The standard InChI is InChI=1S/C20H24ClN3O2/c1-13-5-4-6-14(2)20(13)24-19(26)12-23-18(25)11-22-15(3)16-7-9-17(21)10-8-16/h4-10,15,22H,11-12H2,1-3H3,(H,23,25)(H,24,26)/p+1/t15-/m0/s1. The van der Waals surface area contributed by atoms with Crippen molar-refractivity contribution in [2.45, 2.75) is 26.8 Å². The van der Waals surface area contributed by atoms with Crippen molar-refractivity contribution in [2.75, 3.05) is 18.4 Å². The number of hydrogen-bond acceptors (Lipinski definition) is 2. The van der Waals surface area contributed by atoms with Crippen LogP contribution >= 0.6 is 11.6 Å². The summed E-state index contributed by atoms with van der Waals surface area (Å²) >= 11 is 5.88. The highest BCUT2D eigenvalue weighted by Crippen LogP contribution is 2.19. The van der Waals surface area contributed by atoms with Crippen LogP contribution in [0.25, 0.3) is 0 Å². The maximum atomic E-state index is 12.1. The molecule has 0 unspecified atom stereocenters. The Labute approximate surface area is 159 Å². The van der Waals surface area contributed by atoms with Gasteiger partial charge in [0.2, 0.25) is 5.91 Å². The highest BCUT2D eigenvalue weighted by molar-refractivity contribution is 6.30. The fourth-order valence-electron chi connectivity index (χ4n) is 2.63. The lowest BCUT2D eigenvalue weighted by atomic mass is 10.1.